The van der Waals surface area contributed by atoms with E-state index in [-0.39, 0.29) is 39.7 Å². The summed E-state index contributed by atoms with van der Waals surface area (Å²) < 4.78 is 11.2. The lowest BCUT2D eigenvalue weighted by Crippen LogP contribution is -2.51. The number of amides is 3. The number of benzene rings is 2. The van der Waals surface area contributed by atoms with Gasteiger partial charge in [0.15, 0.2) is 23.2 Å². The molecule has 0 atom stereocenters. The van der Waals surface area contributed by atoms with Gasteiger partial charge >= 0.3 is 0 Å². The van der Waals surface area contributed by atoms with E-state index >= 15 is 0 Å². The van der Waals surface area contributed by atoms with Crippen LogP contribution in [0.5, 0.6) is 11.5 Å². The summed E-state index contributed by atoms with van der Waals surface area (Å²) in [5.74, 6) is -1.18. The lowest BCUT2D eigenvalue weighted by atomic mass is 10.1. The molecule has 0 radical (unpaired) electrons. The molecule has 0 aromatic heterocycles. The molecule has 1 aliphatic rings. The summed E-state index contributed by atoms with van der Waals surface area (Å²) in [4.78, 5) is 36.4. The van der Waals surface area contributed by atoms with E-state index in [4.69, 9.17) is 33.3 Å². The normalized spacial score (nSPS) is 13.2. The largest absolute Gasteiger partial charge is 0.490 e. The molecule has 0 bridgehead atoms. The Morgan fingerprint density at radius 3 is 2.41 bits per heavy atom. The van der Waals surface area contributed by atoms with Crippen molar-refractivity contribution in [3.8, 4) is 11.5 Å². The Hall–Kier alpha value is -3.43. The van der Waals surface area contributed by atoms with Crippen LogP contribution in [0.1, 0.15) is 18.1 Å². The van der Waals surface area contributed by atoms with Gasteiger partial charge in [0.1, 0.15) is 5.57 Å². The maximum atomic E-state index is 12.3. The third-order valence-corrected chi connectivity index (χ3v) is 4.75. The minimum absolute atomic E-state index is 0.0575. The second kappa shape index (κ2) is 10.3. The first kappa shape index (κ1) is 23.2. The summed E-state index contributed by atoms with van der Waals surface area (Å²) in [5, 5.41) is 7.55. The van der Waals surface area contributed by atoms with Gasteiger partial charge in [-0.15, -0.1) is 0 Å². The average molecular weight is 474 g/mol. The standard InChI is InChI=1S/C22H20ClN3O5S/c1-3-30-17-10-13(8-15-20(28)25-22(32)26-21(15)29)9-16(23)19(17)31-11-18(27)24-14-6-4-12(2)5-7-14/h4-10H,3,11H2,1-2H3,(H,24,27)(H2,25,26,28,29,32). The van der Waals surface area contributed by atoms with Gasteiger partial charge in [0, 0.05) is 5.69 Å². The van der Waals surface area contributed by atoms with Crippen LogP contribution in [-0.2, 0) is 14.4 Å². The number of halogens is 1. The molecular formula is C22H20ClN3O5S. The molecule has 8 nitrogen and oxygen atoms in total. The number of rotatable bonds is 7. The Balaban J connectivity index is 1.78. The number of nitrogens with one attached hydrogen (secondary N) is 3. The number of aryl methyl sites for hydroxylation is 1. The zero-order valence-corrected chi connectivity index (χ0v) is 18.9. The highest BCUT2D eigenvalue weighted by atomic mass is 35.5. The first-order valence-electron chi connectivity index (χ1n) is 9.61. The van der Waals surface area contributed by atoms with Gasteiger partial charge in [0.25, 0.3) is 17.7 Å². The molecular weight excluding hydrogens is 454 g/mol. The first-order valence-corrected chi connectivity index (χ1v) is 10.4. The highest BCUT2D eigenvalue weighted by Gasteiger charge is 2.26. The van der Waals surface area contributed by atoms with Crippen molar-refractivity contribution in [1.82, 2.24) is 10.6 Å². The predicted molar refractivity (Wildman–Crippen MR) is 125 cm³/mol. The molecule has 10 heteroatoms. The molecule has 2 aromatic rings. The Morgan fingerprint density at radius 1 is 1.12 bits per heavy atom. The van der Waals surface area contributed by atoms with E-state index in [0.29, 0.717) is 17.9 Å². The van der Waals surface area contributed by atoms with E-state index in [9.17, 15) is 14.4 Å². The SMILES string of the molecule is CCOc1cc(C=C2C(=O)NC(=S)NC2=O)cc(Cl)c1OCC(=O)Nc1ccc(C)cc1. The molecule has 2 aromatic carbocycles. The number of carbonyl (C=O) groups excluding carboxylic acids is 3. The zero-order chi connectivity index (χ0) is 23.3. The number of carbonyl (C=O) groups is 3. The fourth-order valence-corrected chi connectivity index (χ4v) is 3.28. The van der Waals surface area contributed by atoms with Crippen molar-refractivity contribution in [3.05, 3.63) is 58.1 Å². The topological polar surface area (TPSA) is 106 Å². The number of hydrogen-bond donors (Lipinski definition) is 3. The van der Waals surface area contributed by atoms with Gasteiger partial charge in [-0.1, -0.05) is 29.3 Å². The smallest absolute Gasteiger partial charge is 0.263 e. The summed E-state index contributed by atoms with van der Waals surface area (Å²) in [6, 6.07) is 10.4. The maximum Gasteiger partial charge on any atom is 0.263 e. The molecule has 166 valence electrons. The minimum atomic E-state index is -0.624. The van der Waals surface area contributed by atoms with E-state index in [2.05, 4.69) is 16.0 Å². The number of ether oxygens (including phenoxy) is 2. The van der Waals surface area contributed by atoms with Crippen LogP contribution in [0.3, 0.4) is 0 Å². The first-order chi connectivity index (χ1) is 15.3. The highest BCUT2D eigenvalue weighted by molar-refractivity contribution is 7.80. The van der Waals surface area contributed by atoms with Crippen molar-refractivity contribution in [2.24, 2.45) is 0 Å². The quantitative estimate of drug-likeness (QED) is 0.324. The second-order valence-electron chi connectivity index (χ2n) is 6.76. The van der Waals surface area contributed by atoms with Crippen molar-refractivity contribution in [1.29, 1.82) is 0 Å². The van der Waals surface area contributed by atoms with Crippen molar-refractivity contribution < 1.29 is 23.9 Å². The molecule has 3 N–H and O–H groups in total. The third kappa shape index (κ3) is 5.83. The molecule has 3 amide bonds. The van der Waals surface area contributed by atoms with Gasteiger partial charge < -0.3 is 14.8 Å². The molecule has 0 spiro atoms. The van der Waals surface area contributed by atoms with Gasteiger partial charge in [-0.25, -0.2) is 0 Å². The minimum Gasteiger partial charge on any atom is -0.490 e. The molecule has 1 heterocycles. The zero-order valence-electron chi connectivity index (χ0n) is 17.3. The predicted octanol–water partition coefficient (Wildman–Crippen LogP) is 2.98. The van der Waals surface area contributed by atoms with Crippen LogP contribution in [0, 0.1) is 6.92 Å². The molecule has 1 aliphatic heterocycles. The summed E-state index contributed by atoms with van der Waals surface area (Å²) in [5.41, 5.74) is 2.02. The fourth-order valence-electron chi connectivity index (χ4n) is 2.82. The Bertz CT molecular complexity index is 1090. The van der Waals surface area contributed by atoms with Gasteiger partial charge in [0.05, 0.1) is 11.6 Å². The van der Waals surface area contributed by atoms with Crippen LogP contribution < -0.4 is 25.4 Å². The Morgan fingerprint density at radius 2 is 1.78 bits per heavy atom. The van der Waals surface area contributed by atoms with Crippen LogP contribution >= 0.6 is 23.8 Å². The van der Waals surface area contributed by atoms with Gasteiger partial charge in [-0.3, -0.25) is 25.0 Å². The lowest BCUT2D eigenvalue weighted by molar-refractivity contribution is -0.123. The van der Waals surface area contributed by atoms with E-state index < -0.39 is 11.8 Å². The summed E-state index contributed by atoms with van der Waals surface area (Å²) >= 11 is 11.1. The van der Waals surface area contributed by atoms with Crippen LogP contribution in [0.15, 0.2) is 42.0 Å². The second-order valence-corrected chi connectivity index (χ2v) is 7.58. The van der Waals surface area contributed by atoms with Crippen molar-refractivity contribution in [2.75, 3.05) is 18.5 Å². The molecule has 3 rings (SSSR count). The Labute approximate surface area is 194 Å². The van der Waals surface area contributed by atoms with Crippen LogP contribution in [-0.4, -0.2) is 36.0 Å². The van der Waals surface area contributed by atoms with Crippen molar-refractivity contribution >= 4 is 58.4 Å². The Kier molecular flexibility index (Phi) is 7.45. The van der Waals surface area contributed by atoms with Crippen molar-refractivity contribution in [2.45, 2.75) is 13.8 Å². The van der Waals surface area contributed by atoms with Gasteiger partial charge in [0.2, 0.25) is 0 Å². The van der Waals surface area contributed by atoms with Gasteiger partial charge in [-0.2, -0.15) is 0 Å². The molecule has 0 aliphatic carbocycles. The third-order valence-electron chi connectivity index (χ3n) is 4.27. The summed E-state index contributed by atoms with van der Waals surface area (Å²) in [6.07, 6.45) is 1.36. The van der Waals surface area contributed by atoms with Crippen LogP contribution in [0.4, 0.5) is 5.69 Å². The number of anilines is 1. The van der Waals surface area contributed by atoms with E-state index in [1.807, 2.05) is 19.1 Å². The van der Waals surface area contributed by atoms with Crippen molar-refractivity contribution in [3.63, 3.8) is 0 Å². The van der Waals surface area contributed by atoms with Crippen LogP contribution in [0.2, 0.25) is 5.02 Å². The summed E-state index contributed by atoms with van der Waals surface area (Å²) in [7, 11) is 0. The monoisotopic (exact) mass is 473 g/mol. The van der Waals surface area contributed by atoms with E-state index in [1.165, 1.54) is 12.1 Å². The molecule has 32 heavy (non-hydrogen) atoms. The van der Waals surface area contributed by atoms with Gasteiger partial charge in [-0.05, 0) is 62.0 Å². The molecule has 1 saturated heterocycles. The van der Waals surface area contributed by atoms with E-state index in [0.717, 1.165) is 5.56 Å². The summed E-state index contributed by atoms with van der Waals surface area (Å²) in [6.45, 7) is 3.73. The maximum absolute atomic E-state index is 12.3. The lowest BCUT2D eigenvalue weighted by Gasteiger charge is -2.17. The molecule has 1 fully saturated rings. The fraction of sp³-hybridized carbons (Fsp3) is 0.182. The highest BCUT2D eigenvalue weighted by Crippen LogP contribution is 2.37. The molecule has 0 unspecified atom stereocenters. The molecule has 0 saturated carbocycles. The van der Waals surface area contributed by atoms with Crippen LogP contribution in [0.25, 0.3) is 6.08 Å². The average Bonchev–Trinajstić information content (AvgIpc) is 2.72. The number of hydrogen-bond acceptors (Lipinski definition) is 6. The number of thiocarbonyl (C=S) groups is 1. The van der Waals surface area contributed by atoms with E-state index in [1.54, 1.807) is 25.1 Å².